The Kier molecular flexibility index (Phi) is 2.76. The van der Waals surface area contributed by atoms with Crippen LogP contribution in [-0.4, -0.2) is 18.7 Å². The monoisotopic (exact) mass is 98.0 g/mol. The maximum atomic E-state index is 9.66. The highest BCUT2D eigenvalue weighted by atomic mass is 16.1. The summed E-state index contributed by atoms with van der Waals surface area (Å²) < 4.78 is 0. The first kappa shape index (κ1) is 6.01. The standard InChI is InChI=1S/C4H6N2O/c5-1-4(2-6)3-7/h1-6H. The summed E-state index contributed by atoms with van der Waals surface area (Å²) >= 11 is 0. The lowest BCUT2D eigenvalue weighted by atomic mass is 10.2. The molecular weight excluding hydrogens is 92.1 g/mol. The molecule has 0 fully saturated rings. The fourth-order valence-electron chi connectivity index (χ4n) is 0.127. The number of rotatable bonds is 3. The van der Waals surface area contributed by atoms with Crippen molar-refractivity contribution in [3.63, 3.8) is 0 Å². The molecule has 0 heterocycles. The van der Waals surface area contributed by atoms with Crippen molar-refractivity contribution in [1.82, 2.24) is 0 Å². The minimum absolute atomic E-state index is 0.542. The van der Waals surface area contributed by atoms with Gasteiger partial charge in [0, 0.05) is 12.4 Å². The summed E-state index contributed by atoms with van der Waals surface area (Å²) in [4.78, 5) is 9.66. The Labute approximate surface area is 41.4 Å². The minimum Gasteiger partial charge on any atom is -0.312 e. The zero-order valence-corrected chi connectivity index (χ0v) is 3.72. The van der Waals surface area contributed by atoms with Gasteiger partial charge in [0.15, 0.2) is 0 Å². The Morgan fingerprint density at radius 1 is 1.29 bits per heavy atom. The van der Waals surface area contributed by atoms with Gasteiger partial charge in [0.25, 0.3) is 0 Å². The molecule has 0 aliphatic rings. The lowest BCUT2D eigenvalue weighted by Crippen LogP contribution is -2.01. The molecule has 3 heteroatoms. The highest BCUT2D eigenvalue weighted by Gasteiger charge is 1.92. The maximum absolute atomic E-state index is 9.66. The van der Waals surface area contributed by atoms with Gasteiger partial charge in [0.05, 0.1) is 5.92 Å². The van der Waals surface area contributed by atoms with E-state index in [9.17, 15) is 4.79 Å². The van der Waals surface area contributed by atoms with Crippen LogP contribution in [-0.2, 0) is 4.79 Å². The van der Waals surface area contributed by atoms with Crippen molar-refractivity contribution in [1.29, 1.82) is 10.8 Å². The minimum atomic E-state index is -0.611. The molecule has 0 atom stereocenters. The van der Waals surface area contributed by atoms with Crippen LogP contribution in [0.25, 0.3) is 0 Å². The molecule has 0 saturated heterocycles. The smallest absolute Gasteiger partial charge is 0.133 e. The Morgan fingerprint density at radius 2 is 1.71 bits per heavy atom. The van der Waals surface area contributed by atoms with E-state index >= 15 is 0 Å². The van der Waals surface area contributed by atoms with Crippen LogP contribution in [0.2, 0.25) is 0 Å². The number of nitrogens with one attached hydrogen (secondary N) is 2. The van der Waals surface area contributed by atoms with Crippen molar-refractivity contribution < 1.29 is 4.79 Å². The normalized spacial score (nSPS) is 12.0. The molecule has 0 aromatic carbocycles. The highest BCUT2D eigenvalue weighted by Crippen LogP contribution is 1.74. The second-order valence-corrected chi connectivity index (χ2v) is 1.05. The van der Waals surface area contributed by atoms with Gasteiger partial charge in [-0.05, 0) is 0 Å². The van der Waals surface area contributed by atoms with E-state index in [1.807, 2.05) is 0 Å². The van der Waals surface area contributed by atoms with Gasteiger partial charge in [-0.1, -0.05) is 0 Å². The molecule has 38 valence electrons. The molecule has 7 heavy (non-hydrogen) atoms. The summed E-state index contributed by atoms with van der Waals surface area (Å²) in [5.41, 5.74) is 0. The van der Waals surface area contributed by atoms with Crippen molar-refractivity contribution in [3.8, 4) is 0 Å². The van der Waals surface area contributed by atoms with Crippen molar-refractivity contribution in [2.24, 2.45) is 5.92 Å². The van der Waals surface area contributed by atoms with Crippen LogP contribution < -0.4 is 0 Å². The molecule has 0 saturated carbocycles. The van der Waals surface area contributed by atoms with E-state index in [0.717, 1.165) is 12.4 Å². The van der Waals surface area contributed by atoms with Gasteiger partial charge in [-0.2, -0.15) is 0 Å². The predicted molar refractivity (Wildman–Crippen MR) is 27.1 cm³/mol. The van der Waals surface area contributed by atoms with Gasteiger partial charge in [-0.25, -0.2) is 0 Å². The predicted octanol–water partition coefficient (Wildman–Crippen LogP) is 0.101. The van der Waals surface area contributed by atoms with Gasteiger partial charge in [0.1, 0.15) is 6.29 Å². The first-order valence-electron chi connectivity index (χ1n) is 1.81. The first-order valence-corrected chi connectivity index (χ1v) is 1.81. The lowest BCUT2D eigenvalue weighted by Gasteiger charge is -1.84. The van der Waals surface area contributed by atoms with Crippen LogP contribution >= 0.6 is 0 Å². The van der Waals surface area contributed by atoms with Gasteiger partial charge >= 0.3 is 0 Å². The van der Waals surface area contributed by atoms with Crippen LogP contribution in [0.5, 0.6) is 0 Å². The summed E-state index contributed by atoms with van der Waals surface area (Å²) in [6, 6.07) is 0. The van der Waals surface area contributed by atoms with E-state index < -0.39 is 5.92 Å². The van der Waals surface area contributed by atoms with Crippen LogP contribution in [0.3, 0.4) is 0 Å². The van der Waals surface area contributed by atoms with Crippen LogP contribution in [0, 0.1) is 16.7 Å². The van der Waals surface area contributed by atoms with E-state index in [0.29, 0.717) is 6.29 Å². The van der Waals surface area contributed by atoms with E-state index in [-0.39, 0.29) is 0 Å². The third-order valence-corrected chi connectivity index (χ3v) is 0.542. The third kappa shape index (κ3) is 1.81. The fraction of sp³-hybridized carbons (Fsp3) is 0.250. The average molecular weight is 98.1 g/mol. The second-order valence-electron chi connectivity index (χ2n) is 1.05. The van der Waals surface area contributed by atoms with Crippen molar-refractivity contribution in [2.75, 3.05) is 0 Å². The molecule has 0 unspecified atom stereocenters. The van der Waals surface area contributed by atoms with Gasteiger partial charge in [-0.15, -0.1) is 0 Å². The third-order valence-electron chi connectivity index (χ3n) is 0.542. The summed E-state index contributed by atoms with van der Waals surface area (Å²) in [7, 11) is 0. The molecule has 0 aliphatic carbocycles. The summed E-state index contributed by atoms with van der Waals surface area (Å²) in [5, 5.41) is 12.9. The van der Waals surface area contributed by atoms with Gasteiger partial charge in [0.2, 0.25) is 0 Å². The number of hydrogen-bond donors (Lipinski definition) is 2. The summed E-state index contributed by atoms with van der Waals surface area (Å²) in [6.45, 7) is 0. The second kappa shape index (κ2) is 3.21. The highest BCUT2D eigenvalue weighted by molar-refractivity contribution is 5.97. The van der Waals surface area contributed by atoms with Crippen molar-refractivity contribution in [2.45, 2.75) is 0 Å². The zero-order chi connectivity index (χ0) is 5.70. The molecule has 0 aromatic rings. The SMILES string of the molecule is N=CC(C=N)C=O. The Hall–Kier alpha value is -0.990. The van der Waals surface area contributed by atoms with Crippen LogP contribution in [0.15, 0.2) is 0 Å². The largest absolute Gasteiger partial charge is 0.312 e. The number of carbonyl (C=O) groups excluding carboxylic acids is 1. The molecular formula is C4H6N2O. The van der Waals surface area contributed by atoms with Crippen molar-refractivity contribution in [3.05, 3.63) is 0 Å². The Morgan fingerprint density at radius 3 is 1.71 bits per heavy atom. The van der Waals surface area contributed by atoms with E-state index in [2.05, 4.69) is 0 Å². The molecule has 0 aliphatic heterocycles. The molecule has 0 rings (SSSR count). The molecule has 0 radical (unpaired) electrons. The summed E-state index contributed by atoms with van der Waals surface area (Å²) in [6.07, 6.45) is 2.38. The first-order chi connectivity index (χ1) is 3.35. The molecule has 0 bridgehead atoms. The number of aldehydes is 1. The van der Waals surface area contributed by atoms with E-state index in [1.165, 1.54) is 0 Å². The molecule has 0 aromatic heterocycles. The molecule has 2 N–H and O–H groups in total. The van der Waals surface area contributed by atoms with E-state index in [4.69, 9.17) is 10.8 Å². The number of hydrogen-bond acceptors (Lipinski definition) is 3. The Balaban J connectivity index is 3.57. The van der Waals surface area contributed by atoms with Crippen molar-refractivity contribution >= 4 is 18.7 Å². The summed E-state index contributed by atoms with van der Waals surface area (Å²) in [5.74, 6) is -0.611. The van der Waals surface area contributed by atoms with Gasteiger partial charge < -0.3 is 15.6 Å². The zero-order valence-electron chi connectivity index (χ0n) is 3.72. The maximum Gasteiger partial charge on any atom is 0.133 e. The van der Waals surface area contributed by atoms with Gasteiger partial charge in [-0.3, -0.25) is 0 Å². The topological polar surface area (TPSA) is 64.8 Å². The quantitative estimate of drug-likeness (QED) is 0.381. The fourth-order valence-corrected chi connectivity index (χ4v) is 0.127. The Bertz CT molecular complexity index is 70.7. The molecule has 3 nitrogen and oxygen atoms in total. The number of carbonyl (C=O) groups is 1. The molecule has 0 spiro atoms. The average Bonchev–Trinajstić information content (AvgIpc) is 1.72. The van der Waals surface area contributed by atoms with Crippen LogP contribution in [0.4, 0.5) is 0 Å². The lowest BCUT2D eigenvalue weighted by molar-refractivity contribution is -0.108. The van der Waals surface area contributed by atoms with Crippen LogP contribution in [0.1, 0.15) is 0 Å². The molecule has 0 amide bonds. The van der Waals surface area contributed by atoms with E-state index in [1.54, 1.807) is 0 Å².